The number of amides is 1. The second-order valence-corrected chi connectivity index (χ2v) is 6.54. The molecule has 7 nitrogen and oxygen atoms in total. The Morgan fingerprint density at radius 2 is 2.07 bits per heavy atom. The van der Waals surface area contributed by atoms with Gasteiger partial charge in [-0.25, -0.2) is 0 Å². The summed E-state index contributed by atoms with van der Waals surface area (Å²) < 4.78 is 10.6. The highest BCUT2D eigenvalue weighted by molar-refractivity contribution is 14.0. The Labute approximate surface area is 178 Å². The van der Waals surface area contributed by atoms with Crippen molar-refractivity contribution < 1.29 is 14.3 Å². The van der Waals surface area contributed by atoms with Crippen molar-refractivity contribution in [2.75, 3.05) is 40.9 Å². The largest absolute Gasteiger partial charge is 0.493 e. The Bertz CT molecular complexity index is 639. The van der Waals surface area contributed by atoms with Gasteiger partial charge in [-0.1, -0.05) is 6.07 Å². The molecule has 1 unspecified atom stereocenters. The summed E-state index contributed by atoms with van der Waals surface area (Å²) in [6, 6.07) is 5.95. The number of rotatable bonds is 7. The molecule has 0 aliphatic carbocycles. The monoisotopic (exact) mass is 490 g/mol. The van der Waals surface area contributed by atoms with Crippen LogP contribution in [0.15, 0.2) is 23.2 Å². The molecule has 1 aromatic rings. The van der Waals surface area contributed by atoms with Crippen LogP contribution in [0.2, 0.25) is 0 Å². The molecule has 8 heteroatoms. The summed E-state index contributed by atoms with van der Waals surface area (Å²) >= 11 is 0. The van der Waals surface area contributed by atoms with Gasteiger partial charge in [0, 0.05) is 33.1 Å². The van der Waals surface area contributed by atoms with E-state index in [0.717, 1.165) is 61.9 Å². The number of likely N-dealkylation sites (tertiary alicyclic amines) is 1. The standard InChI is InChI=1S/C19H30N4O3.HI/c1-21-19(23-10-4-5-15(13-23)12-18(20)24)22-9-8-14-6-7-16(25-2)17(11-14)26-3;/h6-7,11,15H,4-5,8-10,12-13H2,1-3H3,(H2,20,24)(H,21,22);1H. The van der Waals surface area contributed by atoms with Crippen molar-refractivity contribution in [2.24, 2.45) is 16.6 Å². The van der Waals surface area contributed by atoms with E-state index < -0.39 is 0 Å². The molecule has 1 saturated heterocycles. The minimum absolute atomic E-state index is 0. The first-order chi connectivity index (χ1) is 12.6. The highest BCUT2D eigenvalue weighted by atomic mass is 127. The number of carbonyl (C=O) groups is 1. The maximum absolute atomic E-state index is 11.2. The van der Waals surface area contributed by atoms with Crippen molar-refractivity contribution in [3.8, 4) is 11.5 Å². The normalized spacial score (nSPS) is 17.1. The van der Waals surface area contributed by atoms with E-state index in [4.69, 9.17) is 15.2 Å². The third-order valence-electron chi connectivity index (χ3n) is 4.66. The molecule has 1 aliphatic rings. The first-order valence-electron chi connectivity index (χ1n) is 9.02. The first kappa shape index (κ1) is 23.3. The van der Waals surface area contributed by atoms with Crippen molar-refractivity contribution in [1.82, 2.24) is 10.2 Å². The quantitative estimate of drug-likeness (QED) is 0.347. The fourth-order valence-corrected chi connectivity index (χ4v) is 3.40. The maximum Gasteiger partial charge on any atom is 0.217 e. The van der Waals surface area contributed by atoms with E-state index >= 15 is 0 Å². The highest BCUT2D eigenvalue weighted by Gasteiger charge is 2.23. The number of benzene rings is 1. The number of hydrogen-bond donors (Lipinski definition) is 2. The van der Waals surface area contributed by atoms with Gasteiger partial charge in [-0.15, -0.1) is 24.0 Å². The maximum atomic E-state index is 11.2. The van der Waals surface area contributed by atoms with Gasteiger partial charge in [-0.3, -0.25) is 9.79 Å². The molecule has 0 bridgehead atoms. The zero-order valence-corrected chi connectivity index (χ0v) is 18.7. The number of aliphatic imine (C=N–C) groups is 1. The number of halogens is 1. The number of piperidine rings is 1. The van der Waals surface area contributed by atoms with Crippen molar-refractivity contribution in [2.45, 2.75) is 25.7 Å². The molecule has 1 fully saturated rings. The summed E-state index contributed by atoms with van der Waals surface area (Å²) in [6.07, 6.45) is 3.38. The minimum Gasteiger partial charge on any atom is -0.493 e. The van der Waals surface area contributed by atoms with Crippen LogP contribution in [0.4, 0.5) is 0 Å². The number of primary amides is 1. The molecule has 0 saturated carbocycles. The topological polar surface area (TPSA) is 89.2 Å². The van der Waals surface area contributed by atoms with Gasteiger partial charge in [-0.2, -0.15) is 0 Å². The van der Waals surface area contributed by atoms with E-state index in [-0.39, 0.29) is 29.9 Å². The van der Waals surface area contributed by atoms with Gasteiger partial charge < -0.3 is 25.4 Å². The summed E-state index contributed by atoms with van der Waals surface area (Å²) in [7, 11) is 5.06. The van der Waals surface area contributed by atoms with Crippen LogP contribution < -0.4 is 20.5 Å². The van der Waals surface area contributed by atoms with Gasteiger partial charge in [0.2, 0.25) is 5.91 Å². The van der Waals surface area contributed by atoms with Crippen molar-refractivity contribution in [3.63, 3.8) is 0 Å². The van der Waals surface area contributed by atoms with E-state index in [9.17, 15) is 4.79 Å². The van der Waals surface area contributed by atoms with E-state index in [1.54, 1.807) is 21.3 Å². The average Bonchev–Trinajstić information content (AvgIpc) is 2.64. The number of methoxy groups -OCH3 is 2. The molecule has 27 heavy (non-hydrogen) atoms. The van der Waals surface area contributed by atoms with Crippen LogP contribution in [-0.2, 0) is 11.2 Å². The molecule has 1 aliphatic heterocycles. The Kier molecular flexibility index (Phi) is 10.3. The molecule has 1 heterocycles. The summed E-state index contributed by atoms with van der Waals surface area (Å²) in [5.41, 5.74) is 6.51. The zero-order chi connectivity index (χ0) is 18.9. The van der Waals surface area contributed by atoms with Gasteiger partial charge in [0.15, 0.2) is 17.5 Å². The van der Waals surface area contributed by atoms with Crippen molar-refractivity contribution >= 4 is 35.8 Å². The lowest BCUT2D eigenvalue weighted by Gasteiger charge is -2.34. The Morgan fingerprint density at radius 3 is 2.70 bits per heavy atom. The number of nitrogens with one attached hydrogen (secondary N) is 1. The molecule has 0 radical (unpaired) electrons. The number of hydrogen-bond acceptors (Lipinski definition) is 4. The molecule has 2 rings (SSSR count). The van der Waals surface area contributed by atoms with E-state index in [2.05, 4.69) is 15.2 Å². The summed E-state index contributed by atoms with van der Waals surface area (Å²) in [6.45, 7) is 2.53. The third-order valence-corrected chi connectivity index (χ3v) is 4.66. The summed E-state index contributed by atoms with van der Waals surface area (Å²) in [4.78, 5) is 17.8. The van der Waals surface area contributed by atoms with Crippen LogP contribution in [0.3, 0.4) is 0 Å². The first-order valence-corrected chi connectivity index (χ1v) is 9.02. The highest BCUT2D eigenvalue weighted by Crippen LogP contribution is 2.27. The molecule has 0 aromatic heterocycles. The molecule has 3 N–H and O–H groups in total. The van der Waals surface area contributed by atoms with Crippen LogP contribution >= 0.6 is 24.0 Å². The lowest BCUT2D eigenvalue weighted by Crippen LogP contribution is -2.47. The van der Waals surface area contributed by atoms with Gasteiger partial charge in [0.25, 0.3) is 0 Å². The molecule has 1 amide bonds. The lowest BCUT2D eigenvalue weighted by molar-refractivity contribution is -0.119. The minimum atomic E-state index is -0.228. The summed E-state index contributed by atoms with van der Waals surface area (Å²) in [5, 5.41) is 3.42. The Balaban J connectivity index is 0.00000364. The van der Waals surface area contributed by atoms with Crippen LogP contribution in [0, 0.1) is 5.92 Å². The van der Waals surface area contributed by atoms with Gasteiger partial charge in [-0.05, 0) is 42.9 Å². The lowest BCUT2D eigenvalue weighted by atomic mass is 9.95. The number of ether oxygens (including phenoxy) is 2. The van der Waals surface area contributed by atoms with E-state index in [0.29, 0.717) is 12.3 Å². The number of guanidine groups is 1. The zero-order valence-electron chi connectivity index (χ0n) is 16.4. The molecule has 0 spiro atoms. The SMILES string of the molecule is CN=C(NCCc1ccc(OC)c(OC)c1)N1CCCC(CC(N)=O)C1.I. The molecule has 1 atom stereocenters. The predicted octanol–water partition coefficient (Wildman–Crippen LogP) is 2.03. The number of carbonyl (C=O) groups excluding carboxylic acids is 1. The molecule has 1 aromatic carbocycles. The fourth-order valence-electron chi connectivity index (χ4n) is 3.40. The van der Waals surface area contributed by atoms with Gasteiger partial charge >= 0.3 is 0 Å². The van der Waals surface area contributed by atoms with Crippen LogP contribution in [0.5, 0.6) is 11.5 Å². The van der Waals surface area contributed by atoms with Crippen LogP contribution in [0.1, 0.15) is 24.8 Å². The molecular formula is C19H31IN4O3. The van der Waals surface area contributed by atoms with E-state index in [1.165, 1.54) is 0 Å². The smallest absolute Gasteiger partial charge is 0.217 e. The number of nitrogens with two attached hydrogens (primary N) is 1. The third kappa shape index (κ3) is 7.08. The molecule has 152 valence electrons. The molecular weight excluding hydrogens is 459 g/mol. The Hall–Kier alpha value is -1.71. The Morgan fingerprint density at radius 1 is 1.33 bits per heavy atom. The summed E-state index contributed by atoms with van der Waals surface area (Å²) in [5.74, 6) is 2.42. The van der Waals surface area contributed by atoms with Crippen LogP contribution in [0.25, 0.3) is 0 Å². The van der Waals surface area contributed by atoms with Gasteiger partial charge in [0.05, 0.1) is 14.2 Å². The predicted molar refractivity (Wildman–Crippen MR) is 118 cm³/mol. The second-order valence-electron chi connectivity index (χ2n) is 6.54. The fraction of sp³-hybridized carbons (Fsp3) is 0.579. The van der Waals surface area contributed by atoms with E-state index in [1.807, 2.05) is 18.2 Å². The average molecular weight is 490 g/mol. The van der Waals surface area contributed by atoms with Crippen molar-refractivity contribution in [1.29, 1.82) is 0 Å². The van der Waals surface area contributed by atoms with Gasteiger partial charge in [0.1, 0.15) is 0 Å². The second kappa shape index (κ2) is 11.9. The van der Waals surface area contributed by atoms with Crippen LogP contribution in [-0.4, -0.2) is 57.7 Å². The van der Waals surface area contributed by atoms with Crippen molar-refractivity contribution in [3.05, 3.63) is 23.8 Å². The number of nitrogens with zero attached hydrogens (tertiary/aromatic N) is 2.